The number of carbonyl (C=O) groups excluding carboxylic acids is 1. The van der Waals surface area contributed by atoms with E-state index >= 15 is 0 Å². The van der Waals surface area contributed by atoms with Crippen LogP contribution in [0.5, 0.6) is 0 Å². The Morgan fingerprint density at radius 1 is 1.19 bits per heavy atom. The van der Waals surface area contributed by atoms with Crippen molar-refractivity contribution < 1.29 is 4.79 Å². The lowest BCUT2D eigenvalue weighted by Crippen LogP contribution is -2.52. The second kappa shape index (κ2) is 6.85. The Bertz CT molecular complexity index is 452. The molecule has 1 amide bonds. The van der Waals surface area contributed by atoms with E-state index in [1.54, 1.807) is 12.4 Å². The SMILES string of the molecule is O=C(NC1CCN(c2ncccn2)CC1)[C@H]1CCCCN1. The third kappa shape index (κ3) is 3.69. The Hall–Kier alpha value is -1.69. The summed E-state index contributed by atoms with van der Waals surface area (Å²) in [5.41, 5.74) is 0. The van der Waals surface area contributed by atoms with Crippen LogP contribution >= 0.6 is 0 Å². The lowest BCUT2D eigenvalue weighted by Gasteiger charge is -2.33. The van der Waals surface area contributed by atoms with Crippen LogP contribution in [0, 0.1) is 0 Å². The predicted molar refractivity (Wildman–Crippen MR) is 81.1 cm³/mol. The zero-order chi connectivity index (χ0) is 14.5. The highest BCUT2D eigenvalue weighted by molar-refractivity contribution is 5.82. The number of nitrogens with one attached hydrogen (secondary N) is 2. The van der Waals surface area contributed by atoms with Crippen LogP contribution in [0.1, 0.15) is 32.1 Å². The summed E-state index contributed by atoms with van der Waals surface area (Å²) in [7, 11) is 0. The molecule has 6 nitrogen and oxygen atoms in total. The molecule has 0 aromatic carbocycles. The van der Waals surface area contributed by atoms with Crippen molar-refractivity contribution in [2.75, 3.05) is 24.5 Å². The molecule has 114 valence electrons. The van der Waals surface area contributed by atoms with E-state index in [0.29, 0.717) is 0 Å². The van der Waals surface area contributed by atoms with Crippen molar-refractivity contribution >= 4 is 11.9 Å². The first kappa shape index (κ1) is 14.3. The molecule has 2 saturated heterocycles. The summed E-state index contributed by atoms with van der Waals surface area (Å²) in [6.07, 6.45) is 8.74. The minimum atomic E-state index is 0.00855. The molecule has 0 radical (unpaired) electrons. The van der Waals surface area contributed by atoms with Gasteiger partial charge in [0.2, 0.25) is 11.9 Å². The van der Waals surface area contributed by atoms with Crippen LogP contribution in [-0.4, -0.2) is 47.6 Å². The van der Waals surface area contributed by atoms with Gasteiger partial charge in [-0.1, -0.05) is 6.42 Å². The fourth-order valence-corrected chi connectivity index (χ4v) is 3.06. The Labute approximate surface area is 125 Å². The summed E-state index contributed by atoms with van der Waals surface area (Å²) in [5.74, 6) is 0.959. The number of carbonyl (C=O) groups is 1. The molecule has 6 heteroatoms. The van der Waals surface area contributed by atoms with Crippen LogP contribution in [0.25, 0.3) is 0 Å². The second-order valence-electron chi connectivity index (χ2n) is 5.82. The average Bonchev–Trinajstić information content (AvgIpc) is 2.57. The van der Waals surface area contributed by atoms with E-state index in [0.717, 1.165) is 51.3 Å². The molecule has 1 aromatic rings. The summed E-state index contributed by atoms with van der Waals surface area (Å²) >= 11 is 0. The van der Waals surface area contributed by atoms with Gasteiger partial charge in [0, 0.05) is 31.5 Å². The molecule has 3 rings (SSSR count). The smallest absolute Gasteiger partial charge is 0.237 e. The minimum absolute atomic E-state index is 0.00855. The van der Waals surface area contributed by atoms with Gasteiger partial charge in [-0.3, -0.25) is 4.79 Å². The number of aromatic nitrogens is 2. The molecule has 0 saturated carbocycles. The van der Waals surface area contributed by atoms with Gasteiger partial charge in [0.1, 0.15) is 0 Å². The van der Waals surface area contributed by atoms with Gasteiger partial charge in [-0.15, -0.1) is 0 Å². The lowest BCUT2D eigenvalue weighted by atomic mass is 10.0. The van der Waals surface area contributed by atoms with E-state index < -0.39 is 0 Å². The van der Waals surface area contributed by atoms with Crippen molar-refractivity contribution in [3.8, 4) is 0 Å². The highest BCUT2D eigenvalue weighted by Crippen LogP contribution is 2.16. The quantitative estimate of drug-likeness (QED) is 0.857. The maximum Gasteiger partial charge on any atom is 0.237 e. The molecule has 2 N–H and O–H groups in total. The Kier molecular flexibility index (Phi) is 4.65. The number of rotatable bonds is 3. The van der Waals surface area contributed by atoms with Crippen LogP contribution in [0.3, 0.4) is 0 Å². The van der Waals surface area contributed by atoms with E-state index in [-0.39, 0.29) is 18.0 Å². The van der Waals surface area contributed by atoms with Crippen molar-refractivity contribution in [1.82, 2.24) is 20.6 Å². The third-order valence-electron chi connectivity index (χ3n) is 4.30. The standard InChI is InChI=1S/C15H23N5O/c21-14(13-4-1-2-7-16-13)19-12-5-10-20(11-6-12)15-17-8-3-9-18-15/h3,8-9,12-13,16H,1-2,4-7,10-11H2,(H,19,21)/t13-/m1/s1. The first-order valence-electron chi connectivity index (χ1n) is 7.88. The number of amides is 1. The largest absolute Gasteiger partial charge is 0.352 e. The van der Waals surface area contributed by atoms with Gasteiger partial charge >= 0.3 is 0 Å². The minimum Gasteiger partial charge on any atom is -0.352 e. The molecular formula is C15H23N5O. The van der Waals surface area contributed by atoms with Crippen molar-refractivity contribution in [1.29, 1.82) is 0 Å². The van der Waals surface area contributed by atoms with Crippen molar-refractivity contribution in [2.24, 2.45) is 0 Å². The van der Waals surface area contributed by atoms with Gasteiger partial charge in [-0.2, -0.15) is 0 Å². The molecular weight excluding hydrogens is 266 g/mol. The number of hydrogen-bond donors (Lipinski definition) is 2. The van der Waals surface area contributed by atoms with E-state index in [1.165, 1.54) is 6.42 Å². The van der Waals surface area contributed by atoms with Crippen molar-refractivity contribution in [2.45, 2.75) is 44.2 Å². The van der Waals surface area contributed by atoms with Gasteiger partial charge in [0.25, 0.3) is 0 Å². The van der Waals surface area contributed by atoms with E-state index in [1.807, 2.05) is 6.07 Å². The van der Waals surface area contributed by atoms with Crippen LogP contribution in [0.2, 0.25) is 0 Å². The van der Waals surface area contributed by atoms with Crippen LogP contribution in [0.4, 0.5) is 5.95 Å². The normalized spacial score (nSPS) is 23.8. The summed E-state index contributed by atoms with van der Waals surface area (Å²) < 4.78 is 0. The lowest BCUT2D eigenvalue weighted by molar-refractivity contribution is -0.124. The third-order valence-corrected chi connectivity index (χ3v) is 4.30. The molecule has 1 aromatic heterocycles. The van der Waals surface area contributed by atoms with Crippen molar-refractivity contribution in [3.05, 3.63) is 18.5 Å². The van der Waals surface area contributed by atoms with E-state index in [9.17, 15) is 4.79 Å². The molecule has 2 fully saturated rings. The fourth-order valence-electron chi connectivity index (χ4n) is 3.06. The number of piperidine rings is 2. The Balaban J connectivity index is 1.46. The van der Waals surface area contributed by atoms with Crippen LogP contribution in [-0.2, 0) is 4.79 Å². The number of hydrogen-bond acceptors (Lipinski definition) is 5. The monoisotopic (exact) mass is 289 g/mol. The maximum absolute atomic E-state index is 12.2. The molecule has 0 bridgehead atoms. The second-order valence-corrected chi connectivity index (χ2v) is 5.82. The van der Waals surface area contributed by atoms with E-state index in [4.69, 9.17) is 0 Å². The number of anilines is 1. The zero-order valence-corrected chi connectivity index (χ0v) is 12.3. The first-order valence-corrected chi connectivity index (χ1v) is 7.88. The van der Waals surface area contributed by atoms with Crippen molar-refractivity contribution in [3.63, 3.8) is 0 Å². The molecule has 2 aliphatic heterocycles. The first-order chi connectivity index (χ1) is 10.3. The van der Waals surface area contributed by atoms with Gasteiger partial charge in [-0.05, 0) is 38.3 Å². The molecule has 21 heavy (non-hydrogen) atoms. The summed E-state index contributed by atoms with van der Waals surface area (Å²) in [6.45, 7) is 2.75. The van der Waals surface area contributed by atoms with Gasteiger partial charge in [0.15, 0.2) is 0 Å². The predicted octanol–water partition coefficient (Wildman–Crippen LogP) is 0.704. The Morgan fingerprint density at radius 2 is 1.95 bits per heavy atom. The fraction of sp³-hybridized carbons (Fsp3) is 0.667. The average molecular weight is 289 g/mol. The molecule has 1 atom stereocenters. The highest BCUT2D eigenvalue weighted by Gasteiger charge is 2.26. The van der Waals surface area contributed by atoms with Gasteiger partial charge in [-0.25, -0.2) is 9.97 Å². The molecule has 3 heterocycles. The molecule has 0 spiro atoms. The highest BCUT2D eigenvalue weighted by atomic mass is 16.2. The van der Waals surface area contributed by atoms with Crippen LogP contribution in [0.15, 0.2) is 18.5 Å². The Morgan fingerprint density at radius 3 is 2.62 bits per heavy atom. The van der Waals surface area contributed by atoms with Crippen LogP contribution < -0.4 is 15.5 Å². The maximum atomic E-state index is 12.2. The van der Waals surface area contributed by atoms with E-state index in [2.05, 4.69) is 25.5 Å². The summed E-state index contributed by atoms with van der Waals surface area (Å²) in [5, 5.41) is 6.49. The molecule has 0 unspecified atom stereocenters. The zero-order valence-electron chi connectivity index (χ0n) is 12.3. The topological polar surface area (TPSA) is 70.2 Å². The molecule has 0 aliphatic carbocycles. The molecule has 2 aliphatic rings. The summed E-state index contributed by atoms with van der Waals surface area (Å²) in [4.78, 5) is 22.9. The van der Waals surface area contributed by atoms with Gasteiger partial charge < -0.3 is 15.5 Å². The number of nitrogens with zero attached hydrogens (tertiary/aromatic N) is 3. The van der Waals surface area contributed by atoms with Gasteiger partial charge in [0.05, 0.1) is 6.04 Å². The summed E-state index contributed by atoms with van der Waals surface area (Å²) in [6, 6.07) is 2.11.